The lowest BCUT2D eigenvalue weighted by molar-refractivity contribution is 0.301. The Morgan fingerprint density at radius 2 is 1.80 bits per heavy atom. The monoisotopic (exact) mass is 363 g/mol. The molecule has 0 aliphatic heterocycles. The van der Waals surface area contributed by atoms with E-state index in [1.807, 2.05) is 19.1 Å². The van der Waals surface area contributed by atoms with Gasteiger partial charge in [-0.2, -0.15) is 4.31 Å². The van der Waals surface area contributed by atoms with Gasteiger partial charge in [0.05, 0.1) is 7.11 Å². The van der Waals surface area contributed by atoms with E-state index in [0.29, 0.717) is 11.7 Å². The third-order valence-corrected chi connectivity index (χ3v) is 6.65. The lowest BCUT2D eigenvalue weighted by Crippen LogP contribution is -2.39. The largest absolute Gasteiger partial charge is 0.497 e. The summed E-state index contributed by atoms with van der Waals surface area (Å²) in [6.45, 7) is 2.11. The van der Waals surface area contributed by atoms with Crippen molar-refractivity contribution in [3.63, 3.8) is 0 Å². The molecule has 0 aromatic heterocycles. The maximum absolute atomic E-state index is 14.1. The fourth-order valence-corrected chi connectivity index (χ4v) is 4.70. The molecule has 25 heavy (non-hydrogen) atoms. The lowest BCUT2D eigenvalue weighted by Gasteiger charge is -2.29. The van der Waals surface area contributed by atoms with E-state index in [2.05, 4.69) is 0 Å². The van der Waals surface area contributed by atoms with Gasteiger partial charge in [-0.1, -0.05) is 24.3 Å². The van der Waals surface area contributed by atoms with Gasteiger partial charge in [0.15, 0.2) is 0 Å². The topological polar surface area (TPSA) is 46.6 Å². The summed E-state index contributed by atoms with van der Waals surface area (Å²) in [6.07, 6.45) is 2.01. The maximum Gasteiger partial charge on any atom is 0.246 e. The Kier molecular flexibility index (Phi) is 5.11. The number of sulfonamides is 1. The first kappa shape index (κ1) is 17.9. The summed E-state index contributed by atoms with van der Waals surface area (Å²) >= 11 is 0. The highest BCUT2D eigenvalue weighted by Crippen LogP contribution is 2.38. The van der Waals surface area contributed by atoms with Gasteiger partial charge in [-0.25, -0.2) is 12.8 Å². The third kappa shape index (κ3) is 3.85. The fraction of sp³-hybridized carbons (Fsp3) is 0.368. The first-order valence-electron chi connectivity index (χ1n) is 8.33. The Morgan fingerprint density at radius 3 is 2.36 bits per heavy atom. The molecule has 4 nitrogen and oxygen atoms in total. The molecule has 1 fully saturated rings. The summed E-state index contributed by atoms with van der Waals surface area (Å²) in [5, 5.41) is 0. The second-order valence-corrected chi connectivity index (χ2v) is 8.27. The summed E-state index contributed by atoms with van der Waals surface area (Å²) in [7, 11) is -2.34. The number of halogens is 1. The van der Waals surface area contributed by atoms with Crippen molar-refractivity contribution in [2.24, 2.45) is 5.92 Å². The van der Waals surface area contributed by atoms with Crippen LogP contribution in [0.4, 0.5) is 4.39 Å². The number of hydrogen-bond donors (Lipinski definition) is 0. The molecule has 0 spiro atoms. The van der Waals surface area contributed by atoms with E-state index in [9.17, 15) is 12.8 Å². The number of rotatable bonds is 7. The molecule has 1 aliphatic carbocycles. The van der Waals surface area contributed by atoms with Crippen LogP contribution in [-0.4, -0.2) is 25.9 Å². The Bertz CT molecular complexity index is 832. The average molecular weight is 363 g/mol. The summed E-state index contributed by atoms with van der Waals surface area (Å²) in [5.41, 5.74) is 0.841. The van der Waals surface area contributed by atoms with Gasteiger partial charge in [0.2, 0.25) is 10.0 Å². The van der Waals surface area contributed by atoms with Crippen LogP contribution < -0.4 is 4.74 Å². The quantitative estimate of drug-likeness (QED) is 0.751. The SMILES string of the molecule is COc1ccc(CN(C(C)C2CC2)S(=O)(=O)c2ccccc2F)cc1. The molecule has 134 valence electrons. The van der Waals surface area contributed by atoms with Crippen LogP contribution in [0.1, 0.15) is 25.3 Å². The fourth-order valence-electron chi connectivity index (χ4n) is 2.95. The van der Waals surface area contributed by atoms with Crippen LogP contribution in [0.15, 0.2) is 53.4 Å². The maximum atomic E-state index is 14.1. The van der Waals surface area contributed by atoms with Crippen molar-refractivity contribution in [3.8, 4) is 5.75 Å². The van der Waals surface area contributed by atoms with Crippen molar-refractivity contribution in [2.75, 3.05) is 7.11 Å². The molecule has 2 aromatic carbocycles. The van der Waals surface area contributed by atoms with Gasteiger partial charge >= 0.3 is 0 Å². The van der Waals surface area contributed by atoms with E-state index in [4.69, 9.17) is 4.74 Å². The van der Waals surface area contributed by atoms with Crippen LogP contribution in [0, 0.1) is 11.7 Å². The van der Waals surface area contributed by atoms with Crippen LogP contribution in [0.3, 0.4) is 0 Å². The smallest absolute Gasteiger partial charge is 0.246 e. The van der Waals surface area contributed by atoms with E-state index in [0.717, 1.165) is 18.4 Å². The standard InChI is InChI=1S/C19H22FNO3S/c1-14(16-9-10-16)21(13-15-7-11-17(24-2)12-8-15)25(22,23)19-6-4-3-5-18(19)20/h3-8,11-12,14,16H,9-10,13H2,1-2H3. The summed E-state index contributed by atoms with van der Waals surface area (Å²) in [6, 6.07) is 12.6. The third-order valence-electron chi connectivity index (χ3n) is 4.68. The summed E-state index contributed by atoms with van der Waals surface area (Å²) < 4.78 is 46.9. The van der Waals surface area contributed by atoms with Crippen LogP contribution in [0.2, 0.25) is 0 Å². The molecule has 0 N–H and O–H groups in total. The molecule has 1 saturated carbocycles. The predicted octanol–water partition coefficient (Wildman–Crippen LogP) is 3.82. The summed E-state index contributed by atoms with van der Waals surface area (Å²) in [5.74, 6) is 0.326. The molecular weight excluding hydrogens is 341 g/mol. The molecule has 0 bridgehead atoms. The lowest BCUT2D eigenvalue weighted by atomic mass is 10.1. The average Bonchev–Trinajstić information content (AvgIpc) is 3.45. The normalized spacial score (nSPS) is 16.0. The molecule has 2 aromatic rings. The van der Waals surface area contributed by atoms with Gasteiger partial charge in [0.25, 0.3) is 0 Å². The van der Waals surface area contributed by atoms with Crippen molar-refractivity contribution < 1.29 is 17.5 Å². The van der Waals surface area contributed by atoms with Crippen molar-refractivity contribution >= 4 is 10.0 Å². The van der Waals surface area contributed by atoms with Gasteiger partial charge in [0.1, 0.15) is 16.5 Å². The van der Waals surface area contributed by atoms with Crippen LogP contribution in [-0.2, 0) is 16.6 Å². The van der Waals surface area contributed by atoms with E-state index in [1.165, 1.54) is 22.5 Å². The van der Waals surface area contributed by atoms with Gasteiger partial charge in [-0.15, -0.1) is 0 Å². The number of ether oxygens (including phenoxy) is 1. The highest BCUT2D eigenvalue weighted by molar-refractivity contribution is 7.89. The van der Waals surface area contributed by atoms with Crippen molar-refractivity contribution in [1.82, 2.24) is 4.31 Å². The molecule has 0 heterocycles. The molecule has 0 saturated heterocycles. The number of nitrogens with zero attached hydrogens (tertiary/aromatic N) is 1. The molecule has 3 rings (SSSR count). The first-order valence-corrected chi connectivity index (χ1v) is 9.77. The van der Waals surface area contributed by atoms with Gasteiger partial charge in [-0.05, 0) is 55.5 Å². The zero-order valence-corrected chi connectivity index (χ0v) is 15.2. The van der Waals surface area contributed by atoms with Gasteiger partial charge in [-0.3, -0.25) is 0 Å². The molecule has 1 aliphatic rings. The Hall–Kier alpha value is -1.92. The first-order chi connectivity index (χ1) is 11.9. The van der Waals surface area contributed by atoms with Crippen molar-refractivity contribution in [3.05, 3.63) is 59.9 Å². The summed E-state index contributed by atoms with van der Waals surface area (Å²) in [4.78, 5) is -0.268. The second-order valence-electron chi connectivity index (χ2n) is 6.41. The van der Waals surface area contributed by atoms with E-state index < -0.39 is 15.8 Å². The zero-order valence-electron chi connectivity index (χ0n) is 14.4. The number of benzene rings is 2. The van der Waals surface area contributed by atoms with E-state index in [1.54, 1.807) is 25.3 Å². The Balaban J connectivity index is 1.95. The minimum absolute atomic E-state index is 0.174. The van der Waals surface area contributed by atoms with E-state index in [-0.39, 0.29) is 17.5 Å². The molecule has 0 amide bonds. The van der Waals surface area contributed by atoms with Crippen molar-refractivity contribution in [1.29, 1.82) is 0 Å². The van der Waals surface area contributed by atoms with E-state index >= 15 is 0 Å². The van der Waals surface area contributed by atoms with Crippen molar-refractivity contribution in [2.45, 2.75) is 37.2 Å². The molecular formula is C19H22FNO3S. The second kappa shape index (κ2) is 7.14. The molecule has 1 atom stereocenters. The molecule has 6 heteroatoms. The number of methoxy groups -OCH3 is 1. The number of hydrogen-bond acceptors (Lipinski definition) is 3. The minimum Gasteiger partial charge on any atom is -0.497 e. The Labute approximate surface area is 148 Å². The van der Waals surface area contributed by atoms with Crippen LogP contribution >= 0.6 is 0 Å². The Morgan fingerprint density at radius 1 is 1.16 bits per heavy atom. The zero-order chi connectivity index (χ0) is 18.0. The van der Waals surface area contributed by atoms with Gasteiger partial charge in [0, 0.05) is 12.6 Å². The van der Waals surface area contributed by atoms with Crippen LogP contribution in [0.5, 0.6) is 5.75 Å². The van der Waals surface area contributed by atoms with Gasteiger partial charge < -0.3 is 4.74 Å². The molecule has 0 radical (unpaired) electrons. The predicted molar refractivity (Wildman–Crippen MR) is 94.3 cm³/mol. The minimum atomic E-state index is -3.92. The highest BCUT2D eigenvalue weighted by Gasteiger charge is 2.39. The highest BCUT2D eigenvalue weighted by atomic mass is 32.2. The van der Waals surface area contributed by atoms with Crippen LogP contribution in [0.25, 0.3) is 0 Å². The molecule has 1 unspecified atom stereocenters.